The van der Waals surface area contributed by atoms with E-state index in [-0.39, 0.29) is 0 Å². The summed E-state index contributed by atoms with van der Waals surface area (Å²) in [7, 11) is 0. The van der Waals surface area contributed by atoms with Crippen LogP contribution in [0.3, 0.4) is 0 Å². The van der Waals surface area contributed by atoms with Gasteiger partial charge in [-0.2, -0.15) is 0 Å². The van der Waals surface area contributed by atoms with Gasteiger partial charge in [0, 0.05) is 0 Å². The molecule has 0 saturated heterocycles. The van der Waals surface area contributed by atoms with Crippen LogP contribution in [0.1, 0.15) is 6.92 Å². The predicted octanol–water partition coefficient (Wildman–Crippen LogP) is 3.43. The molecule has 0 aliphatic carbocycles. The highest BCUT2D eigenvalue weighted by molar-refractivity contribution is 14.1. The zero-order chi connectivity index (χ0) is 6.28. The number of hydrogen-bond acceptors (Lipinski definition) is 0. The Kier molecular flexibility index (Phi) is 17.2. The second-order valence-electron chi connectivity index (χ2n) is 0.515. The van der Waals surface area contributed by atoms with Crippen molar-refractivity contribution in [3.05, 3.63) is 0 Å². The molecule has 4 heteroatoms. The third kappa shape index (κ3) is 93.1. The summed E-state index contributed by atoms with van der Waals surface area (Å²) in [4.78, 5) is 0. The van der Waals surface area contributed by atoms with Gasteiger partial charge in [-0.1, -0.05) is 64.3 Å². The first kappa shape index (κ1) is 11.4. The summed E-state index contributed by atoms with van der Waals surface area (Å²) in [6.45, 7) is 2.11. The fourth-order valence-electron chi connectivity index (χ4n) is 0. The summed E-state index contributed by atoms with van der Waals surface area (Å²) in [6, 6.07) is 0. The van der Waals surface area contributed by atoms with Crippen LogP contribution < -0.4 is 0 Å². The highest BCUT2D eigenvalue weighted by Gasteiger charge is 1.78. The molecule has 0 rings (SSSR count). The Hall–Kier alpha value is 1.60. The molecule has 0 bridgehead atoms. The molecule has 0 N–H and O–H groups in total. The molecule has 0 aromatic heterocycles. The van der Waals surface area contributed by atoms with Gasteiger partial charge in [-0.05, 0) is 4.43 Å². The van der Waals surface area contributed by atoms with E-state index >= 15 is 0 Å². The lowest BCUT2D eigenvalue weighted by Crippen LogP contribution is -1.55. The van der Waals surface area contributed by atoms with Crippen molar-refractivity contribution in [2.75, 3.05) is 4.43 Å². The van der Waals surface area contributed by atoms with E-state index in [4.69, 9.17) is 34.8 Å². The summed E-state index contributed by atoms with van der Waals surface area (Å²) in [5.41, 5.74) is 0. The van der Waals surface area contributed by atoms with Gasteiger partial charge in [0.2, 0.25) is 0 Å². The Morgan fingerprint density at radius 2 is 1.43 bits per heavy atom. The molecular weight excluding hydrogens is 269 g/mol. The smallest absolute Gasteiger partial charge is 0.0874 e. The van der Waals surface area contributed by atoms with Gasteiger partial charge in [-0.15, -0.1) is 0 Å². The minimum atomic E-state index is -0.750. The van der Waals surface area contributed by atoms with E-state index in [1.54, 1.807) is 0 Å². The highest BCUT2D eigenvalue weighted by atomic mass is 127. The lowest BCUT2D eigenvalue weighted by Gasteiger charge is -1.69. The number of alkyl halides is 4. The topological polar surface area (TPSA) is 0 Å². The molecule has 0 radical (unpaired) electrons. The molecule has 0 aliphatic rings. The molecule has 0 fully saturated rings. The van der Waals surface area contributed by atoms with E-state index in [1.807, 2.05) is 0 Å². The van der Waals surface area contributed by atoms with Crippen LogP contribution in [-0.4, -0.2) is 8.72 Å². The van der Waals surface area contributed by atoms with Crippen molar-refractivity contribution in [1.29, 1.82) is 0 Å². The lowest BCUT2D eigenvalue weighted by atomic mass is 11.0. The number of hydrogen-bond donors (Lipinski definition) is 0. The van der Waals surface area contributed by atoms with Gasteiger partial charge in [-0.3, -0.25) is 0 Å². The maximum atomic E-state index is 4.81. The van der Waals surface area contributed by atoms with Crippen LogP contribution in [-0.2, 0) is 0 Å². The third-order valence-electron chi connectivity index (χ3n) is 0. The van der Waals surface area contributed by atoms with Crippen LogP contribution in [0.5, 0.6) is 0 Å². The molecule has 0 saturated carbocycles. The van der Waals surface area contributed by atoms with Gasteiger partial charge in [0.15, 0.2) is 4.30 Å². The van der Waals surface area contributed by atoms with Gasteiger partial charge in [0.05, 0.1) is 0 Å². The summed E-state index contributed by atoms with van der Waals surface area (Å²) in [5.74, 6) is 0. The molecule has 0 aromatic carbocycles. The number of halogens is 4. The normalized spacial score (nSPS) is 7.71. The van der Waals surface area contributed by atoms with E-state index in [0.717, 1.165) is 0 Å². The maximum absolute atomic E-state index is 4.81. The maximum Gasteiger partial charge on any atom is 0.180 e. The molecule has 0 atom stereocenters. The van der Waals surface area contributed by atoms with Crippen LogP contribution in [0.4, 0.5) is 0 Å². The van der Waals surface area contributed by atoms with E-state index < -0.39 is 4.30 Å². The zero-order valence-corrected chi connectivity index (χ0v) is 8.22. The van der Waals surface area contributed by atoms with Gasteiger partial charge in [-0.25, -0.2) is 0 Å². The standard InChI is InChI=1S/C2H5I.CHCl3/c1-2-3;2-1(3)4/h2H2,1H3;1H. The molecule has 0 amide bonds. The first-order valence-corrected chi connectivity index (χ1v) is 4.46. The lowest BCUT2D eigenvalue weighted by molar-refractivity contribution is 1.58. The average molecular weight is 275 g/mol. The molecule has 0 nitrogen and oxygen atoms in total. The van der Waals surface area contributed by atoms with E-state index in [0.29, 0.717) is 0 Å². The second kappa shape index (κ2) is 10.6. The molecule has 7 heavy (non-hydrogen) atoms. The molecule has 0 aliphatic heterocycles. The summed E-state index contributed by atoms with van der Waals surface area (Å²) in [6.07, 6.45) is 0. The largest absolute Gasteiger partial charge is 0.180 e. The molecule has 46 valence electrons. The van der Waals surface area contributed by atoms with Gasteiger partial charge >= 0.3 is 0 Å². The van der Waals surface area contributed by atoms with Crippen molar-refractivity contribution in [1.82, 2.24) is 0 Å². The summed E-state index contributed by atoms with van der Waals surface area (Å²) in [5, 5.41) is 0. The van der Waals surface area contributed by atoms with Gasteiger partial charge in [0.1, 0.15) is 0 Å². The average Bonchev–Trinajstić information content (AvgIpc) is 1.33. The fourth-order valence-corrected chi connectivity index (χ4v) is 0. The minimum absolute atomic E-state index is 0.750. The van der Waals surface area contributed by atoms with Gasteiger partial charge < -0.3 is 0 Å². The Labute approximate surface area is 72.6 Å². The van der Waals surface area contributed by atoms with E-state index in [2.05, 4.69) is 29.5 Å². The molecule has 0 unspecified atom stereocenters. The van der Waals surface area contributed by atoms with Crippen molar-refractivity contribution in [2.45, 2.75) is 11.2 Å². The van der Waals surface area contributed by atoms with Crippen LogP contribution in [0, 0.1) is 0 Å². The Morgan fingerprint density at radius 1 is 1.43 bits per heavy atom. The molecular formula is C3H6Cl3I. The number of rotatable bonds is 0. The van der Waals surface area contributed by atoms with E-state index in [9.17, 15) is 0 Å². The van der Waals surface area contributed by atoms with Crippen molar-refractivity contribution in [2.24, 2.45) is 0 Å². The van der Waals surface area contributed by atoms with Crippen molar-refractivity contribution >= 4 is 57.4 Å². The first-order valence-electron chi connectivity index (χ1n) is 1.63. The Bertz CT molecular complexity index is 21.4. The van der Waals surface area contributed by atoms with Gasteiger partial charge in [0.25, 0.3) is 0 Å². The first-order chi connectivity index (χ1) is 3.15. The SMILES string of the molecule is CCI.ClC(Cl)Cl. The van der Waals surface area contributed by atoms with E-state index in [1.165, 1.54) is 4.43 Å². The summed E-state index contributed by atoms with van der Waals surface area (Å²) >= 11 is 16.7. The van der Waals surface area contributed by atoms with Crippen LogP contribution >= 0.6 is 57.4 Å². The summed E-state index contributed by atoms with van der Waals surface area (Å²) < 4.78 is 0.470. The monoisotopic (exact) mass is 274 g/mol. The Balaban J connectivity index is 0. The molecule has 0 heterocycles. The van der Waals surface area contributed by atoms with Crippen LogP contribution in [0.2, 0.25) is 0 Å². The van der Waals surface area contributed by atoms with Crippen LogP contribution in [0.25, 0.3) is 0 Å². The zero-order valence-electron chi connectivity index (χ0n) is 3.80. The second-order valence-corrected chi connectivity index (χ2v) is 4.02. The van der Waals surface area contributed by atoms with Crippen molar-refractivity contribution in [3.63, 3.8) is 0 Å². The minimum Gasteiger partial charge on any atom is -0.0874 e. The van der Waals surface area contributed by atoms with Crippen LogP contribution in [0.15, 0.2) is 0 Å². The fraction of sp³-hybridized carbons (Fsp3) is 1.00. The highest BCUT2D eigenvalue weighted by Crippen LogP contribution is 2.03. The predicted molar refractivity (Wildman–Crippen MR) is 45.9 cm³/mol. The molecule has 0 aromatic rings. The van der Waals surface area contributed by atoms with Crippen molar-refractivity contribution in [3.8, 4) is 0 Å². The third-order valence-corrected chi connectivity index (χ3v) is 0. The van der Waals surface area contributed by atoms with Crippen molar-refractivity contribution < 1.29 is 0 Å². The quantitative estimate of drug-likeness (QED) is 0.469. The molecule has 0 spiro atoms. The Morgan fingerprint density at radius 3 is 1.43 bits per heavy atom.